The molecule has 0 saturated heterocycles. The lowest BCUT2D eigenvalue weighted by Gasteiger charge is -2.21. The number of carbonyl (C=O) groups is 4. The van der Waals surface area contributed by atoms with Gasteiger partial charge in [0, 0.05) is 25.7 Å². The predicted octanol–water partition coefficient (Wildman–Crippen LogP) is 22.4. The largest absolute Gasteiger partial charge is 0.472 e. The summed E-state index contributed by atoms with van der Waals surface area (Å²) < 4.78 is 68.5. The molecule has 0 rings (SSSR count). The lowest BCUT2D eigenvalue weighted by Crippen LogP contribution is -2.30. The van der Waals surface area contributed by atoms with E-state index in [1.54, 1.807) is 0 Å². The van der Waals surface area contributed by atoms with Gasteiger partial charge in [0.15, 0.2) is 12.2 Å². The van der Waals surface area contributed by atoms with E-state index in [0.717, 1.165) is 108 Å². The standard InChI is InChI=1S/C77H150O17P2/c1-67(2)53-45-37-29-23-19-15-11-9-10-12-17-21-25-33-41-49-57-74(79)87-63-72(93-76(81)59-51-43-34-26-22-18-14-13-16-20-24-30-38-46-54-68(3)4)65-91-95(83,84)89-61-71(78)62-90-96(85,86)92-66-73(94-77(82)60-52-44-36-28-32-40-48-56-70(7)8)64-88-75(80)58-50-42-35-27-31-39-47-55-69(5)6/h67-73,78H,9-66H2,1-8H3,(H,83,84)(H,85,86)/t71?,72-,73-/m1/s1. The number of carbonyl (C=O) groups excluding carboxylic acids is 4. The van der Waals surface area contributed by atoms with E-state index in [9.17, 15) is 43.2 Å². The van der Waals surface area contributed by atoms with Crippen molar-refractivity contribution in [1.82, 2.24) is 0 Å². The zero-order valence-corrected chi connectivity index (χ0v) is 64.8. The first-order chi connectivity index (χ1) is 46.1. The third-order valence-corrected chi connectivity index (χ3v) is 19.7. The summed E-state index contributed by atoms with van der Waals surface area (Å²) in [6.45, 7) is 14.1. The molecule has 17 nitrogen and oxygen atoms in total. The molecule has 570 valence electrons. The highest BCUT2D eigenvalue weighted by Crippen LogP contribution is 2.45. The third-order valence-electron chi connectivity index (χ3n) is 17.8. The van der Waals surface area contributed by atoms with Crippen molar-refractivity contribution < 1.29 is 80.2 Å². The van der Waals surface area contributed by atoms with Crippen molar-refractivity contribution in [2.24, 2.45) is 23.7 Å². The average molecular weight is 1410 g/mol. The Bertz CT molecular complexity index is 1880. The van der Waals surface area contributed by atoms with Gasteiger partial charge in [-0.3, -0.25) is 37.3 Å². The van der Waals surface area contributed by atoms with Crippen LogP contribution in [0.25, 0.3) is 0 Å². The Kier molecular flexibility index (Phi) is 65.0. The number of hydrogen-bond donors (Lipinski definition) is 3. The van der Waals surface area contributed by atoms with E-state index in [4.69, 9.17) is 37.0 Å². The summed E-state index contributed by atoms with van der Waals surface area (Å²) in [7, 11) is -9.91. The molecule has 0 aliphatic heterocycles. The molecule has 0 amide bonds. The molecular weight excluding hydrogens is 1260 g/mol. The number of hydrogen-bond acceptors (Lipinski definition) is 15. The normalized spacial score (nSPS) is 14.1. The van der Waals surface area contributed by atoms with Crippen molar-refractivity contribution in [2.45, 2.75) is 408 Å². The highest BCUT2D eigenvalue weighted by molar-refractivity contribution is 7.47. The summed E-state index contributed by atoms with van der Waals surface area (Å²) in [5, 5.41) is 10.6. The van der Waals surface area contributed by atoms with Crippen molar-refractivity contribution >= 4 is 39.5 Å². The molecular formula is C77H150O17P2. The summed E-state index contributed by atoms with van der Waals surface area (Å²) in [6.07, 6.45) is 51.6. The fraction of sp³-hybridized carbons (Fsp3) is 0.948. The number of esters is 4. The fourth-order valence-corrected chi connectivity index (χ4v) is 13.3. The van der Waals surface area contributed by atoms with Crippen molar-refractivity contribution in [3.05, 3.63) is 0 Å². The van der Waals surface area contributed by atoms with E-state index in [-0.39, 0.29) is 25.7 Å². The van der Waals surface area contributed by atoms with Crippen LogP contribution in [0, 0.1) is 23.7 Å². The number of phosphoric acid groups is 2. The van der Waals surface area contributed by atoms with Gasteiger partial charge in [-0.05, 0) is 49.4 Å². The number of aliphatic hydroxyl groups is 1. The molecule has 0 radical (unpaired) electrons. The molecule has 0 aliphatic rings. The minimum Gasteiger partial charge on any atom is -0.462 e. The zero-order valence-electron chi connectivity index (χ0n) is 63.0. The first-order valence-corrected chi connectivity index (χ1v) is 42.7. The number of ether oxygens (including phenoxy) is 4. The van der Waals surface area contributed by atoms with E-state index in [2.05, 4.69) is 55.4 Å². The van der Waals surface area contributed by atoms with Crippen LogP contribution in [0.4, 0.5) is 0 Å². The van der Waals surface area contributed by atoms with Crippen molar-refractivity contribution in [2.75, 3.05) is 39.6 Å². The van der Waals surface area contributed by atoms with Crippen LogP contribution in [0.1, 0.15) is 389 Å². The summed E-state index contributed by atoms with van der Waals surface area (Å²) in [4.78, 5) is 72.8. The molecule has 3 unspecified atom stereocenters. The zero-order chi connectivity index (χ0) is 71.0. The molecule has 0 bridgehead atoms. The van der Waals surface area contributed by atoms with E-state index in [1.807, 2.05) is 0 Å². The van der Waals surface area contributed by atoms with Gasteiger partial charge < -0.3 is 33.8 Å². The Morgan fingerprint density at radius 1 is 0.260 bits per heavy atom. The van der Waals surface area contributed by atoms with Gasteiger partial charge in [-0.2, -0.15) is 0 Å². The lowest BCUT2D eigenvalue weighted by molar-refractivity contribution is -0.161. The van der Waals surface area contributed by atoms with Crippen LogP contribution in [0.15, 0.2) is 0 Å². The van der Waals surface area contributed by atoms with Gasteiger partial charge in [0.05, 0.1) is 26.4 Å². The van der Waals surface area contributed by atoms with E-state index in [1.165, 1.54) is 186 Å². The maximum atomic E-state index is 13.1. The summed E-state index contributed by atoms with van der Waals surface area (Å²) in [5.74, 6) is 0.886. The van der Waals surface area contributed by atoms with E-state index in [0.29, 0.717) is 37.5 Å². The maximum absolute atomic E-state index is 13.1. The number of aliphatic hydroxyl groups excluding tert-OH is 1. The summed E-state index contributed by atoms with van der Waals surface area (Å²) in [6, 6.07) is 0. The summed E-state index contributed by atoms with van der Waals surface area (Å²) >= 11 is 0. The first-order valence-electron chi connectivity index (χ1n) is 39.7. The molecule has 0 spiro atoms. The van der Waals surface area contributed by atoms with Crippen LogP contribution in [0.5, 0.6) is 0 Å². The van der Waals surface area contributed by atoms with Crippen LogP contribution >= 0.6 is 15.6 Å². The van der Waals surface area contributed by atoms with Crippen molar-refractivity contribution in [3.63, 3.8) is 0 Å². The van der Waals surface area contributed by atoms with E-state index < -0.39 is 97.5 Å². The Morgan fingerprint density at radius 2 is 0.438 bits per heavy atom. The summed E-state index contributed by atoms with van der Waals surface area (Å²) in [5.41, 5.74) is 0. The van der Waals surface area contributed by atoms with E-state index >= 15 is 0 Å². The Labute approximate surface area is 588 Å². The van der Waals surface area contributed by atoms with Gasteiger partial charge in [-0.15, -0.1) is 0 Å². The second-order valence-corrected chi connectivity index (χ2v) is 32.6. The topological polar surface area (TPSA) is 237 Å². The molecule has 0 saturated carbocycles. The second kappa shape index (κ2) is 66.3. The molecule has 96 heavy (non-hydrogen) atoms. The molecule has 0 fully saturated rings. The SMILES string of the molecule is CC(C)CCCCCCCCCCCCCCCCCCC(=O)OC[C@H](COP(=O)(O)OCC(O)COP(=O)(O)OC[C@@H](COC(=O)CCCCCCCCCC(C)C)OC(=O)CCCCCCCCCC(C)C)OC(=O)CCCCCCCCCCCCCCCCC(C)C. The monoisotopic (exact) mass is 1410 g/mol. The Morgan fingerprint density at radius 3 is 0.646 bits per heavy atom. The van der Waals surface area contributed by atoms with Crippen LogP contribution in [0.3, 0.4) is 0 Å². The van der Waals surface area contributed by atoms with Crippen molar-refractivity contribution in [3.8, 4) is 0 Å². The molecule has 3 N–H and O–H groups in total. The van der Waals surface area contributed by atoms with Gasteiger partial charge in [0.2, 0.25) is 0 Å². The molecule has 5 atom stereocenters. The maximum Gasteiger partial charge on any atom is 0.472 e. The average Bonchev–Trinajstić information content (AvgIpc) is 1.04. The van der Waals surface area contributed by atoms with Gasteiger partial charge >= 0.3 is 39.5 Å². The van der Waals surface area contributed by atoms with Crippen LogP contribution in [-0.2, 0) is 65.4 Å². The van der Waals surface area contributed by atoms with Crippen LogP contribution < -0.4 is 0 Å². The van der Waals surface area contributed by atoms with Crippen LogP contribution in [-0.4, -0.2) is 96.7 Å². The predicted molar refractivity (Wildman–Crippen MR) is 391 cm³/mol. The Hall–Kier alpha value is -1.94. The number of phosphoric ester groups is 2. The molecule has 0 aromatic heterocycles. The quantitative estimate of drug-likeness (QED) is 0.0222. The van der Waals surface area contributed by atoms with Crippen LogP contribution in [0.2, 0.25) is 0 Å². The highest BCUT2D eigenvalue weighted by atomic mass is 31.2. The molecule has 0 heterocycles. The molecule has 0 aromatic carbocycles. The van der Waals surface area contributed by atoms with Gasteiger partial charge in [0.25, 0.3) is 0 Å². The van der Waals surface area contributed by atoms with Gasteiger partial charge in [-0.25, -0.2) is 9.13 Å². The fourth-order valence-electron chi connectivity index (χ4n) is 11.7. The first kappa shape index (κ1) is 94.1. The lowest BCUT2D eigenvalue weighted by atomic mass is 10.0. The molecule has 0 aliphatic carbocycles. The third kappa shape index (κ3) is 70.5. The van der Waals surface area contributed by atoms with Crippen molar-refractivity contribution in [1.29, 1.82) is 0 Å². The smallest absolute Gasteiger partial charge is 0.462 e. The molecule has 0 aromatic rings. The second-order valence-electron chi connectivity index (χ2n) is 29.7. The highest BCUT2D eigenvalue weighted by Gasteiger charge is 2.30. The minimum absolute atomic E-state index is 0.102. The minimum atomic E-state index is -4.96. The van der Waals surface area contributed by atoms with Gasteiger partial charge in [-0.1, -0.05) is 338 Å². The number of unbranched alkanes of at least 4 members (excludes halogenated alkanes) is 40. The van der Waals surface area contributed by atoms with Gasteiger partial charge in [0.1, 0.15) is 19.3 Å². The Balaban J connectivity index is 5.21. The molecule has 19 heteroatoms. The number of rotatable bonds is 74.